The van der Waals surface area contributed by atoms with Crippen molar-refractivity contribution >= 4 is 17.5 Å². The van der Waals surface area contributed by atoms with E-state index >= 15 is 0 Å². The van der Waals surface area contributed by atoms with Gasteiger partial charge in [0.2, 0.25) is 0 Å². The summed E-state index contributed by atoms with van der Waals surface area (Å²) in [5.41, 5.74) is 1.06. The SMILES string of the molecule is Cc1ccc(Cl)c(OCC(=O)NC2CCCC2)c1. The molecule has 1 aliphatic carbocycles. The Kier molecular flexibility index (Phi) is 4.48. The Labute approximate surface area is 112 Å². The van der Waals surface area contributed by atoms with Crippen molar-refractivity contribution in [1.29, 1.82) is 0 Å². The molecule has 0 unspecified atom stereocenters. The van der Waals surface area contributed by atoms with Crippen LogP contribution in [0.25, 0.3) is 0 Å². The van der Waals surface area contributed by atoms with Crippen LogP contribution in [0.3, 0.4) is 0 Å². The van der Waals surface area contributed by atoms with Crippen molar-refractivity contribution in [2.24, 2.45) is 0 Å². The molecule has 1 aromatic rings. The summed E-state index contributed by atoms with van der Waals surface area (Å²) < 4.78 is 5.45. The zero-order chi connectivity index (χ0) is 13.0. The minimum absolute atomic E-state index is 0.0275. The number of halogens is 1. The van der Waals surface area contributed by atoms with Crippen LogP contribution in [0.2, 0.25) is 5.02 Å². The van der Waals surface area contributed by atoms with E-state index in [4.69, 9.17) is 16.3 Å². The molecule has 2 rings (SSSR count). The summed E-state index contributed by atoms with van der Waals surface area (Å²) in [5.74, 6) is 0.498. The zero-order valence-corrected chi connectivity index (χ0v) is 11.3. The molecule has 1 saturated carbocycles. The van der Waals surface area contributed by atoms with Gasteiger partial charge in [-0.25, -0.2) is 0 Å². The second-order valence-electron chi connectivity index (χ2n) is 4.77. The van der Waals surface area contributed by atoms with Gasteiger partial charge in [-0.1, -0.05) is 30.5 Å². The molecule has 0 bridgehead atoms. The van der Waals surface area contributed by atoms with Crippen molar-refractivity contribution in [3.63, 3.8) is 0 Å². The fourth-order valence-electron chi connectivity index (χ4n) is 2.20. The highest BCUT2D eigenvalue weighted by Crippen LogP contribution is 2.25. The smallest absolute Gasteiger partial charge is 0.258 e. The van der Waals surface area contributed by atoms with Gasteiger partial charge in [0.1, 0.15) is 5.75 Å². The largest absolute Gasteiger partial charge is 0.482 e. The van der Waals surface area contributed by atoms with Gasteiger partial charge in [-0.15, -0.1) is 0 Å². The number of nitrogens with one attached hydrogen (secondary N) is 1. The van der Waals surface area contributed by atoms with E-state index in [1.54, 1.807) is 6.07 Å². The summed E-state index contributed by atoms with van der Waals surface area (Å²) >= 11 is 5.99. The number of carbonyl (C=O) groups is 1. The van der Waals surface area contributed by atoms with Crippen LogP contribution in [-0.4, -0.2) is 18.6 Å². The van der Waals surface area contributed by atoms with E-state index in [0.717, 1.165) is 18.4 Å². The van der Waals surface area contributed by atoms with E-state index in [2.05, 4.69) is 5.32 Å². The quantitative estimate of drug-likeness (QED) is 0.910. The van der Waals surface area contributed by atoms with Gasteiger partial charge in [-0.2, -0.15) is 0 Å². The molecule has 0 spiro atoms. The summed E-state index contributed by atoms with van der Waals surface area (Å²) in [4.78, 5) is 11.7. The second-order valence-corrected chi connectivity index (χ2v) is 5.18. The predicted octanol–water partition coefficient (Wildman–Crippen LogP) is 3.09. The highest BCUT2D eigenvalue weighted by Gasteiger charge is 2.17. The number of rotatable bonds is 4. The molecule has 0 aromatic heterocycles. The van der Waals surface area contributed by atoms with Gasteiger partial charge in [-0.3, -0.25) is 4.79 Å². The molecule has 1 aromatic carbocycles. The molecule has 98 valence electrons. The molecule has 0 radical (unpaired) electrons. The molecule has 18 heavy (non-hydrogen) atoms. The van der Waals surface area contributed by atoms with Gasteiger partial charge in [-0.05, 0) is 37.5 Å². The Hall–Kier alpha value is -1.22. The van der Waals surface area contributed by atoms with Gasteiger partial charge in [0.05, 0.1) is 5.02 Å². The van der Waals surface area contributed by atoms with Crippen LogP contribution in [0.4, 0.5) is 0 Å². The molecule has 0 aliphatic heterocycles. The lowest BCUT2D eigenvalue weighted by Gasteiger charge is -2.13. The van der Waals surface area contributed by atoms with E-state index in [1.165, 1.54) is 12.8 Å². The summed E-state index contributed by atoms with van der Waals surface area (Å²) in [6.07, 6.45) is 4.57. The van der Waals surface area contributed by atoms with Crippen LogP contribution in [0.1, 0.15) is 31.2 Å². The first-order valence-electron chi connectivity index (χ1n) is 6.33. The fourth-order valence-corrected chi connectivity index (χ4v) is 2.38. The number of hydrogen-bond donors (Lipinski definition) is 1. The van der Waals surface area contributed by atoms with Crippen LogP contribution in [0.5, 0.6) is 5.75 Å². The number of carbonyl (C=O) groups excluding carboxylic acids is 1. The molecular formula is C14H18ClNO2. The number of hydrogen-bond acceptors (Lipinski definition) is 2. The normalized spacial score (nSPS) is 15.7. The molecule has 0 atom stereocenters. The predicted molar refractivity (Wildman–Crippen MR) is 72.1 cm³/mol. The average molecular weight is 268 g/mol. The molecule has 1 N–H and O–H groups in total. The molecule has 1 aliphatic rings. The standard InChI is InChI=1S/C14H18ClNO2/c1-10-6-7-12(15)13(8-10)18-9-14(17)16-11-4-2-3-5-11/h6-8,11H,2-5,9H2,1H3,(H,16,17). The maximum absolute atomic E-state index is 11.7. The van der Waals surface area contributed by atoms with Crippen molar-refractivity contribution in [3.05, 3.63) is 28.8 Å². The molecule has 3 nitrogen and oxygen atoms in total. The maximum atomic E-state index is 11.7. The molecular weight excluding hydrogens is 250 g/mol. The Morgan fingerprint density at radius 2 is 2.17 bits per heavy atom. The van der Waals surface area contributed by atoms with Gasteiger partial charge in [0, 0.05) is 6.04 Å². The number of aryl methyl sites for hydroxylation is 1. The van der Waals surface area contributed by atoms with Gasteiger partial charge in [0.25, 0.3) is 5.91 Å². The van der Waals surface area contributed by atoms with Gasteiger partial charge >= 0.3 is 0 Å². The number of ether oxygens (including phenoxy) is 1. The van der Waals surface area contributed by atoms with Crippen molar-refractivity contribution < 1.29 is 9.53 Å². The van der Waals surface area contributed by atoms with Crippen LogP contribution in [0.15, 0.2) is 18.2 Å². The number of benzene rings is 1. The monoisotopic (exact) mass is 267 g/mol. The van der Waals surface area contributed by atoms with Crippen LogP contribution < -0.4 is 10.1 Å². The molecule has 4 heteroatoms. The third kappa shape index (κ3) is 3.64. The summed E-state index contributed by atoms with van der Waals surface area (Å²) in [7, 11) is 0. The summed E-state index contributed by atoms with van der Waals surface area (Å²) in [5, 5.41) is 3.51. The van der Waals surface area contributed by atoms with Crippen LogP contribution in [0, 0.1) is 6.92 Å². The Bertz CT molecular complexity index is 428. The average Bonchev–Trinajstić information content (AvgIpc) is 2.83. The molecule has 0 heterocycles. The molecule has 1 fully saturated rings. The first kappa shape index (κ1) is 13.2. The first-order valence-corrected chi connectivity index (χ1v) is 6.71. The molecule has 0 saturated heterocycles. The van der Waals surface area contributed by atoms with Crippen molar-refractivity contribution in [2.75, 3.05) is 6.61 Å². The lowest BCUT2D eigenvalue weighted by molar-refractivity contribution is -0.123. The summed E-state index contributed by atoms with van der Waals surface area (Å²) in [6, 6.07) is 5.86. The van der Waals surface area contributed by atoms with E-state index < -0.39 is 0 Å². The minimum Gasteiger partial charge on any atom is -0.482 e. The third-order valence-electron chi connectivity index (χ3n) is 3.17. The van der Waals surface area contributed by atoms with E-state index in [9.17, 15) is 4.79 Å². The first-order chi connectivity index (χ1) is 8.65. The minimum atomic E-state index is -0.0699. The fraction of sp³-hybridized carbons (Fsp3) is 0.500. The maximum Gasteiger partial charge on any atom is 0.258 e. The van der Waals surface area contributed by atoms with E-state index in [0.29, 0.717) is 16.8 Å². The highest BCUT2D eigenvalue weighted by molar-refractivity contribution is 6.32. The Morgan fingerprint density at radius 1 is 1.44 bits per heavy atom. The number of amides is 1. The topological polar surface area (TPSA) is 38.3 Å². The van der Waals surface area contributed by atoms with Crippen molar-refractivity contribution in [2.45, 2.75) is 38.6 Å². The van der Waals surface area contributed by atoms with Gasteiger partial charge < -0.3 is 10.1 Å². The lowest BCUT2D eigenvalue weighted by Crippen LogP contribution is -2.36. The van der Waals surface area contributed by atoms with E-state index in [1.807, 2.05) is 19.1 Å². The van der Waals surface area contributed by atoms with E-state index in [-0.39, 0.29) is 12.5 Å². The third-order valence-corrected chi connectivity index (χ3v) is 3.48. The van der Waals surface area contributed by atoms with Crippen LogP contribution in [-0.2, 0) is 4.79 Å². The zero-order valence-electron chi connectivity index (χ0n) is 10.5. The van der Waals surface area contributed by atoms with Crippen LogP contribution >= 0.6 is 11.6 Å². The highest BCUT2D eigenvalue weighted by atomic mass is 35.5. The Balaban J connectivity index is 1.83. The lowest BCUT2D eigenvalue weighted by atomic mass is 10.2. The Morgan fingerprint density at radius 3 is 2.89 bits per heavy atom. The second kappa shape index (κ2) is 6.10. The van der Waals surface area contributed by atoms with Crippen molar-refractivity contribution in [3.8, 4) is 5.75 Å². The summed E-state index contributed by atoms with van der Waals surface area (Å²) in [6.45, 7) is 1.99. The van der Waals surface area contributed by atoms with Gasteiger partial charge in [0.15, 0.2) is 6.61 Å². The van der Waals surface area contributed by atoms with Crippen molar-refractivity contribution in [1.82, 2.24) is 5.32 Å². The molecule has 1 amide bonds.